The van der Waals surface area contributed by atoms with Crippen molar-refractivity contribution in [2.45, 2.75) is 25.9 Å². The number of carbonyl (C=O) groups excluding carboxylic acids is 1. The average Bonchev–Trinajstić information content (AvgIpc) is 2.48. The second-order valence-corrected chi connectivity index (χ2v) is 4.49. The van der Waals surface area contributed by atoms with Crippen LogP contribution in [0.15, 0.2) is 18.3 Å². The fourth-order valence-corrected chi connectivity index (χ4v) is 2.21. The van der Waals surface area contributed by atoms with Gasteiger partial charge in [-0.05, 0) is 31.9 Å². The number of hydrogen-bond donors (Lipinski definition) is 0. The van der Waals surface area contributed by atoms with Gasteiger partial charge in [-0.3, -0.25) is 4.79 Å². The summed E-state index contributed by atoms with van der Waals surface area (Å²) in [4.78, 5) is 18.0. The van der Waals surface area contributed by atoms with Crippen LogP contribution < -0.4 is 0 Å². The van der Waals surface area contributed by atoms with Crippen molar-refractivity contribution >= 4 is 5.91 Å². The highest BCUT2D eigenvalue weighted by atomic mass is 16.5. The van der Waals surface area contributed by atoms with Gasteiger partial charge in [0, 0.05) is 25.9 Å². The van der Waals surface area contributed by atoms with E-state index in [0.29, 0.717) is 24.3 Å². The molecule has 0 aliphatic carbocycles. The van der Waals surface area contributed by atoms with Crippen molar-refractivity contribution in [2.24, 2.45) is 0 Å². The third kappa shape index (κ3) is 3.30. The highest BCUT2D eigenvalue weighted by Gasteiger charge is 2.24. The molecule has 0 bridgehead atoms. The molecule has 5 nitrogen and oxygen atoms in total. The predicted octanol–water partition coefficient (Wildman–Crippen LogP) is 1.59. The minimum Gasteiger partial charge on any atom is -0.378 e. The normalized spacial score (nSPS) is 16.1. The minimum absolute atomic E-state index is 0.0700. The SMILES string of the molecule is CCOC1CCN(C(=O)c2ccc(C#N)cn2)CC1. The number of amides is 1. The fourth-order valence-electron chi connectivity index (χ4n) is 2.21. The highest BCUT2D eigenvalue weighted by molar-refractivity contribution is 5.92. The van der Waals surface area contributed by atoms with Gasteiger partial charge in [0.25, 0.3) is 5.91 Å². The molecule has 1 fully saturated rings. The largest absolute Gasteiger partial charge is 0.378 e. The van der Waals surface area contributed by atoms with Gasteiger partial charge in [0.15, 0.2) is 0 Å². The number of nitriles is 1. The van der Waals surface area contributed by atoms with Crippen molar-refractivity contribution < 1.29 is 9.53 Å². The topological polar surface area (TPSA) is 66.2 Å². The number of carbonyl (C=O) groups is 1. The van der Waals surface area contributed by atoms with E-state index in [4.69, 9.17) is 10.00 Å². The lowest BCUT2D eigenvalue weighted by Crippen LogP contribution is -2.41. The molecule has 1 aromatic heterocycles. The van der Waals surface area contributed by atoms with Gasteiger partial charge in [-0.1, -0.05) is 0 Å². The van der Waals surface area contributed by atoms with E-state index in [1.54, 1.807) is 17.0 Å². The predicted molar refractivity (Wildman–Crippen MR) is 69.5 cm³/mol. The lowest BCUT2D eigenvalue weighted by atomic mass is 10.1. The molecule has 1 aliphatic heterocycles. The molecule has 1 aromatic rings. The fraction of sp³-hybridized carbons (Fsp3) is 0.500. The summed E-state index contributed by atoms with van der Waals surface area (Å²) in [7, 11) is 0. The Balaban J connectivity index is 1.95. The summed E-state index contributed by atoms with van der Waals surface area (Å²) in [5, 5.41) is 8.70. The smallest absolute Gasteiger partial charge is 0.272 e. The van der Waals surface area contributed by atoms with Crippen molar-refractivity contribution in [1.29, 1.82) is 5.26 Å². The number of ether oxygens (including phenoxy) is 1. The molecule has 0 radical (unpaired) electrons. The van der Waals surface area contributed by atoms with Gasteiger partial charge in [-0.25, -0.2) is 4.98 Å². The number of rotatable bonds is 3. The lowest BCUT2D eigenvalue weighted by Gasteiger charge is -2.31. The van der Waals surface area contributed by atoms with Gasteiger partial charge in [0.05, 0.1) is 11.7 Å². The molecule has 0 aromatic carbocycles. The van der Waals surface area contributed by atoms with Gasteiger partial charge >= 0.3 is 0 Å². The Morgan fingerprint density at radius 3 is 2.79 bits per heavy atom. The zero-order valence-electron chi connectivity index (χ0n) is 11.0. The lowest BCUT2D eigenvalue weighted by molar-refractivity contribution is 0.0144. The van der Waals surface area contributed by atoms with E-state index in [0.717, 1.165) is 19.4 Å². The van der Waals surface area contributed by atoms with Crippen LogP contribution in [-0.4, -0.2) is 41.6 Å². The summed E-state index contributed by atoms with van der Waals surface area (Å²) >= 11 is 0. The van der Waals surface area contributed by atoms with E-state index >= 15 is 0 Å². The Labute approximate surface area is 112 Å². The van der Waals surface area contributed by atoms with E-state index in [2.05, 4.69) is 4.98 Å². The number of likely N-dealkylation sites (tertiary alicyclic amines) is 1. The number of hydrogen-bond acceptors (Lipinski definition) is 4. The zero-order valence-corrected chi connectivity index (χ0v) is 11.0. The maximum absolute atomic E-state index is 12.2. The van der Waals surface area contributed by atoms with Crippen molar-refractivity contribution in [2.75, 3.05) is 19.7 Å². The summed E-state index contributed by atoms with van der Waals surface area (Å²) in [6.45, 7) is 4.10. The molecule has 2 heterocycles. The monoisotopic (exact) mass is 259 g/mol. The van der Waals surface area contributed by atoms with E-state index in [9.17, 15) is 4.79 Å². The highest BCUT2D eigenvalue weighted by Crippen LogP contribution is 2.15. The van der Waals surface area contributed by atoms with E-state index in [1.165, 1.54) is 6.20 Å². The maximum Gasteiger partial charge on any atom is 0.272 e. The van der Waals surface area contributed by atoms with Crippen molar-refractivity contribution in [3.63, 3.8) is 0 Å². The van der Waals surface area contributed by atoms with Crippen LogP contribution in [0.3, 0.4) is 0 Å². The zero-order chi connectivity index (χ0) is 13.7. The van der Waals surface area contributed by atoms with Gasteiger partial charge in [-0.2, -0.15) is 5.26 Å². The maximum atomic E-state index is 12.2. The second kappa shape index (κ2) is 6.30. The first kappa shape index (κ1) is 13.5. The first-order chi connectivity index (χ1) is 9.24. The molecule has 0 saturated carbocycles. The Morgan fingerprint density at radius 1 is 1.53 bits per heavy atom. The van der Waals surface area contributed by atoms with Crippen molar-refractivity contribution in [3.05, 3.63) is 29.6 Å². The van der Waals surface area contributed by atoms with E-state index < -0.39 is 0 Å². The Morgan fingerprint density at radius 2 is 2.26 bits per heavy atom. The van der Waals surface area contributed by atoms with Crippen LogP contribution in [-0.2, 0) is 4.74 Å². The summed E-state index contributed by atoms with van der Waals surface area (Å²) < 4.78 is 5.56. The van der Waals surface area contributed by atoms with Gasteiger partial charge in [0.2, 0.25) is 0 Å². The molecule has 0 unspecified atom stereocenters. The number of piperidine rings is 1. The van der Waals surface area contributed by atoms with Crippen LogP contribution in [0, 0.1) is 11.3 Å². The number of pyridine rings is 1. The van der Waals surface area contributed by atoms with Crippen LogP contribution in [0.4, 0.5) is 0 Å². The Kier molecular flexibility index (Phi) is 4.48. The van der Waals surface area contributed by atoms with Gasteiger partial charge < -0.3 is 9.64 Å². The summed E-state index contributed by atoms with van der Waals surface area (Å²) in [6.07, 6.45) is 3.44. The summed E-state index contributed by atoms with van der Waals surface area (Å²) in [5.74, 6) is -0.0700. The molecule has 0 atom stereocenters. The van der Waals surface area contributed by atoms with Crippen LogP contribution in [0.25, 0.3) is 0 Å². The molecule has 2 rings (SSSR count). The first-order valence-electron chi connectivity index (χ1n) is 6.51. The molecule has 1 amide bonds. The summed E-state index contributed by atoms with van der Waals surface area (Å²) in [6, 6.07) is 5.21. The molecule has 0 spiro atoms. The molecule has 0 N–H and O–H groups in total. The van der Waals surface area contributed by atoms with Gasteiger partial charge in [-0.15, -0.1) is 0 Å². The van der Waals surface area contributed by atoms with Gasteiger partial charge in [0.1, 0.15) is 11.8 Å². The first-order valence-corrected chi connectivity index (χ1v) is 6.51. The molecule has 100 valence electrons. The standard InChI is InChI=1S/C14H17N3O2/c1-2-19-12-5-7-17(8-6-12)14(18)13-4-3-11(9-15)10-16-13/h3-4,10,12H,2,5-8H2,1H3. The molecule has 19 heavy (non-hydrogen) atoms. The Bertz CT molecular complexity index is 470. The van der Waals surface area contributed by atoms with Crippen LogP contribution in [0.2, 0.25) is 0 Å². The molecule has 1 saturated heterocycles. The number of aromatic nitrogens is 1. The van der Waals surface area contributed by atoms with E-state index in [-0.39, 0.29) is 12.0 Å². The van der Waals surface area contributed by atoms with Crippen molar-refractivity contribution in [1.82, 2.24) is 9.88 Å². The molecular weight excluding hydrogens is 242 g/mol. The number of nitrogens with zero attached hydrogens (tertiary/aromatic N) is 3. The quantitative estimate of drug-likeness (QED) is 0.826. The third-order valence-electron chi connectivity index (χ3n) is 3.24. The van der Waals surface area contributed by atoms with Crippen LogP contribution >= 0.6 is 0 Å². The Hall–Kier alpha value is -1.93. The molecule has 5 heteroatoms. The second-order valence-electron chi connectivity index (χ2n) is 4.49. The summed E-state index contributed by atoms with van der Waals surface area (Å²) in [5.41, 5.74) is 0.862. The van der Waals surface area contributed by atoms with Crippen molar-refractivity contribution in [3.8, 4) is 6.07 Å². The third-order valence-corrected chi connectivity index (χ3v) is 3.24. The molecular formula is C14H17N3O2. The minimum atomic E-state index is -0.0700. The molecule has 1 aliphatic rings. The van der Waals surface area contributed by atoms with E-state index in [1.807, 2.05) is 13.0 Å². The van der Waals surface area contributed by atoms with Crippen LogP contribution in [0.1, 0.15) is 35.8 Å². The van der Waals surface area contributed by atoms with Crippen LogP contribution in [0.5, 0.6) is 0 Å². The average molecular weight is 259 g/mol.